The van der Waals surface area contributed by atoms with Crippen LogP contribution in [0.25, 0.3) is 5.70 Å². The number of nitriles is 1. The van der Waals surface area contributed by atoms with Gasteiger partial charge in [0.15, 0.2) is 0 Å². The maximum Gasteiger partial charge on any atom is 0.0933 e. The van der Waals surface area contributed by atoms with E-state index in [2.05, 4.69) is 0 Å². The molecule has 3 heteroatoms. The van der Waals surface area contributed by atoms with Crippen molar-refractivity contribution in [2.45, 2.75) is 0 Å². The second-order valence-corrected chi connectivity index (χ2v) is 2.67. The molecule has 0 heterocycles. The summed E-state index contributed by atoms with van der Waals surface area (Å²) in [6.07, 6.45) is 1.29. The predicted molar refractivity (Wildman–Crippen MR) is 49.2 cm³/mol. The van der Waals surface area contributed by atoms with Gasteiger partial charge < -0.3 is 5.73 Å². The highest BCUT2D eigenvalue weighted by atomic mass is 35.5. The molecule has 0 fully saturated rings. The summed E-state index contributed by atoms with van der Waals surface area (Å²) in [5.74, 6) is 0. The van der Waals surface area contributed by atoms with Crippen molar-refractivity contribution in [2.75, 3.05) is 0 Å². The molecule has 1 rings (SSSR count). The van der Waals surface area contributed by atoms with Gasteiger partial charge in [0.2, 0.25) is 0 Å². The highest BCUT2D eigenvalue weighted by molar-refractivity contribution is 6.30. The van der Waals surface area contributed by atoms with Crippen molar-refractivity contribution < 1.29 is 0 Å². The van der Waals surface area contributed by atoms with E-state index in [1.165, 1.54) is 6.08 Å². The van der Waals surface area contributed by atoms with Crippen LogP contribution in [0, 0.1) is 11.3 Å². The number of nitrogens with zero attached hydrogens (tertiary/aromatic N) is 1. The van der Waals surface area contributed by atoms with Gasteiger partial charge >= 0.3 is 0 Å². The number of hydrogen-bond acceptors (Lipinski definition) is 2. The minimum Gasteiger partial charge on any atom is -0.398 e. The van der Waals surface area contributed by atoms with Crippen LogP contribution in [0.2, 0.25) is 5.02 Å². The van der Waals surface area contributed by atoms with Crippen molar-refractivity contribution >= 4 is 17.3 Å². The second-order valence-electron chi connectivity index (χ2n) is 2.24. The quantitative estimate of drug-likeness (QED) is 0.670. The van der Waals surface area contributed by atoms with E-state index < -0.39 is 0 Å². The van der Waals surface area contributed by atoms with Gasteiger partial charge in [0, 0.05) is 16.8 Å². The van der Waals surface area contributed by atoms with Crippen LogP contribution in [0.3, 0.4) is 0 Å². The molecule has 1 aromatic rings. The Morgan fingerprint density at radius 2 is 2.00 bits per heavy atom. The number of allylic oxidation sites excluding steroid dienone is 1. The molecular weight excluding hydrogens is 172 g/mol. The summed E-state index contributed by atoms with van der Waals surface area (Å²) in [7, 11) is 0. The normalized spacial score (nSPS) is 10.8. The van der Waals surface area contributed by atoms with E-state index in [0.717, 1.165) is 5.56 Å². The van der Waals surface area contributed by atoms with Gasteiger partial charge in [-0.3, -0.25) is 0 Å². The van der Waals surface area contributed by atoms with Crippen LogP contribution in [0.5, 0.6) is 0 Å². The van der Waals surface area contributed by atoms with Crippen LogP contribution in [0.15, 0.2) is 30.3 Å². The lowest BCUT2D eigenvalue weighted by molar-refractivity contribution is 1.49. The maximum atomic E-state index is 8.32. The second kappa shape index (κ2) is 3.80. The lowest BCUT2D eigenvalue weighted by atomic mass is 10.1. The number of benzene rings is 1. The first kappa shape index (κ1) is 8.63. The molecule has 0 unspecified atom stereocenters. The monoisotopic (exact) mass is 178 g/mol. The third kappa shape index (κ3) is 2.01. The molecule has 0 amide bonds. The molecule has 0 radical (unpaired) electrons. The first-order chi connectivity index (χ1) is 5.74. The van der Waals surface area contributed by atoms with Crippen LogP contribution in [0.1, 0.15) is 5.56 Å². The molecule has 0 aliphatic rings. The number of hydrogen-bond donors (Lipinski definition) is 1. The van der Waals surface area contributed by atoms with Crippen LogP contribution >= 0.6 is 11.6 Å². The molecule has 12 heavy (non-hydrogen) atoms. The highest BCUT2D eigenvalue weighted by Crippen LogP contribution is 2.13. The van der Waals surface area contributed by atoms with E-state index in [-0.39, 0.29) is 0 Å². The molecule has 0 spiro atoms. The fourth-order valence-electron chi connectivity index (χ4n) is 0.795. The lowest BCUT2D eigenvalue weighted by Gasteiger charge is -1.98. The summed E-state index contributed by atoms with van der Waals surface area (Å²) < 4.78 is 0. The Labute approximate surface area is 75.9 Å². The minimum absolute atomic E-state index is 0.453. The first-order valence-electron chi connectivity index (χ1n) is 3.35. The Morgan fingerprint density at radius 3 is 2.50 bits per heavy atom. The van der Waals surface area contributed by atoms with E-state index in [9.17, 15) is 0 Å². The molecule has 0 atom stereocenters. The third-order valence-corrected chi connectivity index (χ3v) is 1.65. The summed E-state index contributed by atoms with van der Waals surface area (Å²) in [5.41, 5.74) is 6.81. The zero-order valence-electron chi connectivity index (χ0n) is 6.29. The maximum absolute atomic E-state index is 8.32. The Bertz CT molecular complexity index is 333. The largest absolute Gasteiger partial charge is 0.398 e. The number of halogens is 1. The van der Waals surface area contributed by atoms with Crippen LogP contribution < -0.4 is 5.73 Å². The van der Waals surface area contributed by atoms with Crippen LogP contribution in [0.4, 0.5) is 0 Å². The molecule has 0 aromatic heterocycles. The molecule has 0 aliphatic carbocycles. The van der Waals surface area contributed by atoms with E-state index in [1.807, 2.05) is 6.07 Å². The van der Waals surface area contributed by atoms with Crippen molar-refractivity contribution in [3.63, 3.8) is 0 Å². The van der Waals surface area contributed by atoms with E-state index >= 15 is 0 Å². The standard InChI is InChI=1S/C9H7ClN2/c10-8-3-1-7(2-4-8)9(12)5-6-11/h1-5H,12H2/b9-5+. The van der Waals surface area contributed by atoms with Gasteiger partial charge in [-0.15, -0.1) is 0 Å². The number of rotatable bonds is 1. The molecule has 1 aromatic carbocycles. The minimum atomic E-state index is 0.453. The van der Waals surface area contributed by atoms with Gasteiger partial charge in [-0.25, -0.2) is 0 Å². The number of nitrogens with two attached hydrogens (primary N) is 1. The zero-order chi connectivity index (χ0) is 8.97. The van der Waals surface area contributed by atoms with Gasteiger partial charge in [0.05, 0.1) is 6.07 Å². The fraction of sp³-hybridized carbons (Fsp3) is 0. The van der Waals surface area contributed by atoms with Crippen LogP contribution in [-0.4, -0.2) is 0 Å². The molecule has 0 aliphatic heterocycles. The van der Waals surface area contributed by atoms with Crippen molar-refractivity contribution in [3.05, 3.63) is 40.9 Å². The fourth-order valence-corrected chi connectivity index (χ4v) is 0.921. The molecule has 0 saturated heterocycles. The molecule has 0 bridgehead atoms. The van der Waals surface area contributed by atoms with E-state index in [1.54, 1.807) is 24.3 Å². The topological polar surface area (TPSA) is 49.8 Å². The lowest BCUT2D eigenvalue weighted by Crippen LogP contribution is -1.94. The SMILES string of the molecule is N#C/C=C(/N)c1ccc(Cl)cc1. The van der Waals surface area contributed by atoms with E-state index in [0.29, 0.717) is 10.7 Å². The first-order valence-corrected chi connectivity index (χ1v) is 3.73. The summed E-state index contributed by atoms with van der Waals surface area (Å²) in [6.45, 7) is 0. The Hall–Kier alpha value is -1.46. The Morgan fingerprint density at radius 1 is 1.42 bits per heavy atom. The van der Waals surface area contributed by atoms with Crippen molar-refractivity contribution in [1.29, 1.82) is 5.26 Å². The Kier molecular flexibility index (Phi) is 2.73. The van der Waals surface area contributed by atoms with Gasteiger partial charge in [0.25, 0.3) is 0 Å². The smallest absolute Gasteiger partial charge is 0.0933 e. The average Bonchev–Trinajstić information content (AvgIpc) is 2.06. The van der Waals surface area contributed by atoms with Gasteiger partial charge in [0.1, 0.15) is 0 Å². The molecule has 2 nitrogen and oxygen atoms in total. The summed E-state index contributed by atoms with van der Waals surface area (Å²) in [5, 5.41) is 8.98. The molecule has 60 valence electrons. The third-order valence-electron chi connectivity index (χ3n) is 1.40. The Balaban J connectivity index is 2.99. The van der Waals surface area contributed by atoms with Gasteiger partial charge in [-0.2, -0.15) is 5.26 Å². The summed E-state index contributed by atoms with van der Waals surface area (Å²) in [4.78, 5) is 0. The van der Waals surface area contributed by atoms with Crippen molar-refractivity contribution in [1.82, 2.24) is 0 Å². The molecular formula is C9H7ClN2. The molecule has 0 saturated carbocycles. The van der Waals surface area contributed by atoms with Crippen LogP contribution in [-0.2, 0) is 0 Å². The van der Waals surface area contributed by atoms with Crippen molar-refractivity contribution in [3.8, 4) is 6.07 Å². The predicted octanol–water partition coefficient (Wildman–Crippen LogP) is 2.16. The summed E-state index contributed by atoms with van der Waals surface area (Å²) >= 11 is 5.67. The zero-order valence-corrected chi connectivity index (χ0v) is 7.05. The van der Waals surface area contributed by atoms with E-state index in [4.69, 9.17) is 22.6 Å². The molecule has 2 N–H and O–H groups in total. The van der Waals surface area contributed by atoms with Crippen molar-refractivity contribution in [2.24, 2.45) is 5.73 Å². The van der Waals surface area contributed by atoms with Gasteiger partial charge in [-0.1, -0.05) is 23.7 Å². The summed E-state index contributed by atoms with van der Waals surface area (Å²) in [6, 6.07) is 8.86. The van der Waals surface area contributed by atoms with Gasteiger partial charge in [-0.05, 0) is 17.7 Å². The average molecular weight is 179 g/mol. The highest BCUT2D eigenvalue weighted by Gasteiger charge is 1.94.